The van der Waals surface area contributed by atoms with Crippen LogP contribution in [-0.4, -0.2) is 29.6 Å². The first-order valence-corrected chi connectivity index (χ1v) is 7.85. The van der Waals surface area contributed by atoms with Gasteiger partial charge in [-0.15, -0.1) is 0 Å². The van der Waals surface area contributed by atoms with Gasteiger partial charge in [-0.05, 0) is 49.9 Å². The van der Waals surface area contributed by atoms with Crippen molar-refractivity contribution < 1.29 is 0 Å². The van der Waals surface area contributed by atoms with Crippen molar-refractivity contribution >= 4 is 0 Å². The number of nitrogens with two attached hydrogens (primary N) is 1. The lowest BCUT2D eigenvalue weighted by Gasteiger charge is -2.50. The fraction of sp³-hybridized carbons (Fsp3) is 1.00. The highest BCUT2D eigenvalue weighted by Crippen LogP contribution is 2.46. The van der Waals surface area contributed by atoms with E-state index in [9.17, 15) is 0 Å². The lowest BCUT2D eigenvalue weighted by molar-refractivity contribution is 0.00910. The van der Waals surface area contributed by atoms with Gasteiger partial charge in [0.25, 0.3) is 0 Å². The first-order chi connectivity index (χ1) is 8.38. The zero-order valence-electron chi connectivity index (χ0n) is 12.8. The van der Waals surface area contributed by atoms with E-state index >= 15 is 0 Å². The molecule has 0 atom stereocenters. The van der Waals surface area contributed by atoms with Crippen molar-refractivity contribution in [3.63, 3.8) is 0 Å². The highest BCUT2D eigenvalue weighted by Gasteiger charge is 2.46. The predicted molar refractivity (Wildman–Crippen MR) is 78.6 cm³/mol. The first kappa shape index (κ1) is 14.3. The summed E-state index contributed by atoms with van der Waals surface area (Å²) < 4.78 is 0. The summed E-state index contributed by atoms with van der Waals surface area (Å²) in [6, 6.07) is 0.845. The van der Waals surface area contributed by atoms with Crippen LogP contribution in [0.1, 0.15) is 66.2 Å². The molecule has 0 aromatic carbocycles. The molecule has 0 unspecified atom stereocenters. The van der Waals surface area contributed by atoms with E-state index in [1.165, 1.54) is 45.1 Å². The Bertz CT molecular complexity index is 269. The van der Waals surface area contributed by atoms with Crippen LogP contribution in [0.15, 0.2) is 0 Å². The molecule has 0 heterocycles. The molecule has 2 aliphatic carbocycles. The van der Waals surface area contributed by atoms with Crippen molar-refractivity contribution in [2.24, 2.45) is 17.1 Å². The Labute approximate surface area is 113 Å². The number of nitrogens with zero attached hydrogens (tertiary/aromatic N) is 1. The molecule has 0 saturated heterocycles. The molecule has 2 N–H and O–H groups in total. The standard InChI is InChI=1S/C16H32N2/c1-13(2)11-18(14-5-6-14)16(12-17)9-7-15(3,4)8-10-16/h13-14H,5-12,17H2,1-4H3. The summed E-state index contributed by atoms with van der Waals surface area (Å²) in [4.78, 5) is 2.80. The maximum absolute atomic E-state index is 6.23. The van der Waals surface area contributed by atoms with Crippen molar-refractivity contribution in [1.82, 2.24) is 4.90 Å². The summed E-state index contributed by atoms with van der Waals surface area (Å²) in [5.41, 5.74) is 7.08. The largest absolute Gasteiger partial charge is 0.329 e. The van der Waals surface area contributed by atoms with Crippen LogP contribution in [0.25, 0.3) is 0 Å². The number of hydrogen-bond acceptors (Lipinski definition) is 2. The van der Waals surface area contributed by atoms with E-state index < -0.39 is 0 Å². The summed E-state index contributed by atoms with van der Waals surface area (Å²) >= 11 is 0. The summed E-state index contributed by atoms with van der Waals surface area (Å²) in [6.45, 7) is 11.6. The fourth-order valence-corrected chi connectivity index (χ4v) is 3.51. The maximum atomic E-state index is 6.23. The minimum atomic E-state index is 0.320. The molecule has 0 radical (unpaired) electrons. The zero-order valence-corrected chi connectivity index (χ0v) is 12.8. The molecule has 2 saturated carbocycles. The summed E-state index contributed by atoms with van der Waals surface area (Å²) in [6.07, 6.45) is 8.09. The third-order valence-corrected chi connectivity index (χ3v) is 5.07. The van der Waals surface area contributed by atoms with Gasteiger partial charge in [-0.3, -0.25) is 4.90 Å². The van der Waals surface area contributed by atoms with Gasteiger partial charge in [0.2, 0.25) is 0 Å². The lowest BCUT2D eigenvalue weighted by atomic mass is 9.68. The van der Waals surface area contributed by atoms with E-state index in [2.05, 4.69) is 32.6 Å². The van der Waals surface area contributed by atoms with Gasteiger partial charge < -0.3 is 5.73 Å². The molecule has 0 aliphatic heterocycles. The Morgan fingerprint density at radius 2 is 1.67 bits per heavy atom. The van der Waals surface area contributed by atoms with Crippen LogP contribution in [0.5, 0.6) is 0 Å². The topological polar surface area (TPSA) is 29.3 Å². The Morgan fingerprint density at radius 1 is 1.11 bits per heavy atom. The third kappa shape index (κ3) is 3.08. The van der Waals surface area contributed by atoms with Crippen LogP contribution < -0.4 is 5.73 Å². The van der Waals surface area contributed by atoms with Crippen LogP contribution >= 0.6 is 0 Å². The van der Waals surface area contributed by atoms with E-state index in [1.54, 1.807) is 0 Å². The molecule has 2 fully saturated rings. The molecule has 0 aromatic heterocycles. The van der Waals surface area contributed by atoms with Gasteiger partial charge in [-0.2, -0.15) is 0 Å². The van der Waals surface area contributed by atoms with Gasteiger partial charge in [0.15, 0.2) is 0 Å². The Kier molecular flexibility index (Phi) is 4.08. The Hall–Kier alpha value is -0.0800. The van der Waals surface area contributed by atoms with Crippen LogP contribution in [0.4, 0.5) is 0 Å². The molecule has 0 amide bonds. The molecule has 2 heteroatoms. The van der Waals surface area contributed by atoms with E-state index in [4.69, 9.17) is 5.73 Å². The van der Waals surface area contributed by atoms with Crippen molar-refractivity contribution in [2.45, 2.75) is 77.8 Å². The highest BCUT2D eigenvalue weighted by molar-refractivity contribution is 5.03. The van der Waals surface area contributed by atoms with E-state index in [0.29, 0.717) is 11.0 Å². The molecule has 106 valence electrons. The minimum absolute atomic E-state index is 0.320. The molecule has 2 aliphatic rings. The van der Waals surface area contributed by atoms with Crippen LogP contribution in [0.2, 0.25) is 0 Å². The fourth-order valence-electron chi connectivity index (χ4n) is 3.51. The predicted octanol–water partition coefficient (Wildman–Crippen LogP) is 3.40. The van der Waals surface area contributed by atoms with Gasteiger partial charge >= 0.3 is 0 Å². The second-order valence-electron chi connectivity index (χ2n) is 7.87. The SMILES string of the molecule is CC(C)CN(C1CC1)C1(CN)CCC(C)(C)CC1. The molecule has 2 nitrogen and oxygen atoms in total. The summed E-state index contributed by atoms with van der Waals surface area (Å²) in [7, 11) is 0. The van der Waals surface area contributed by atoms with Crippen molar-refractivity contribution in [3.8, 4) is 0 Å². The van der Waals surface area contributed by atoms with Crippen LogP contribution in [0, 0.1) is 11.3 Å². The molecule has 18 heavy (non-hydrogen) atoms. The van der Waals surface area contributed by atoms with Crippen molar-refractivity contribution in [3.05, 3.63) is 0 Å². The monoisotopic (exact) mass is 252 g/mol. The smallest absolute Gasteiger partial charge is 0.0335 e. The second-order valence-corrected chi connectivity index (χ2v) is 7.87. The zero-order chi connectivity index (χ0) is 13.4. The summed E-state index contributed by atoms with van der Waals surface area (Å²) in [5, 5.41) is 0. The van der Waals surface area contributed by atoms with E-state index in [0.717, 1.165) is 18.5 Å². The average Bonchev–Trinajstić information content (AvgIpc) is 3.11. The molecule has 0 bridgehead atoms. The highest BCUT2D eigenvalue weighted by atomic mass is 15.3. The van der Waals surface area contributed by atoms with Gasteiger partial charge in [0.05, 0.1) is 0 Å². The van der Waals surface area contributed by atoms with Crippen LogP contribution in [-0.2, 0) is 0 Å². The normalized spacial score (nSPS) is 26.8. The summed E-state index contributed by atoms with van der Waals surface area (Å²) in [5.74, 6) is 0.754. The van der Waals surface area contributed by atoms with Gasteiger partial charge in [-0.25, -0.2) is 0 Å². The van der Waals surface area contributed by atoms with E-state index in [1.807, 2.05) is 0 Å². The van der Waals surface area contributed by atoms with Gasteiger partial charge in [-0.1, -0.05) is 27.7 Å². The number of rotatable bonds is 5. The van der Waals surface area contributed by atoms with Gasteiger partial charge in [0, 0.05) is 24.7 Å². The van der Waals surface area contributed by atoms with Gasteiger partial charge in [0.1, 0.15) is 0 Å². The van der Waals surface area contributed by atoms with Crippen LogP contribution in [0.3, 0.4) is 0 Å². The number of hydrogen-bond donors (Lipinski definition) is 1. The van der Waals surface area contributed by atoms with Crippen molar-refractivity contribution in [1.29, 1.82) is 0 Å². The van der Waals surface area contributed by atoms with Crippen molar-refractivity contribution in [2.75, 3.05) is 13.1 Å². The maximum Gasteiger partial charge on any atom is 0.0335 e. The van der Waals surface area contributed by atoms with E-state index in [-0.39, 0.29) is 0 Å². The Morgan fingerprint density at radius 3 is 2.06 bits per heavy atom. The Balaban J connectivity index is 2.09. The second kappa shape index (κ2) is 5.13. The lowest BCUT2D eigenvalue weighted by Crippen LogP contribution is -2.58. The average molecular weight is 252 g/mol. The minimum Gasteiger partial charge on any atom is -0.329 e. The third-order valence-electron chi connectivity index (χ3n) is 5.07. The quantitative estimate of drug-likeness (QED) is 0.812. The molecule has 2 rings (SSSR count). The molecule has 0 spiro atoms. The first-order valence-electron chi connectivity index (χ1n) is 7.85. The molecule has 0 aromatic rings. The molecular formula is C16H32N2. The molecular weight excluding hydrogens is 220 g/mol.